The summed E-state index contributed by atoms with van der Waals surface area (Å²) in [4.78, 5) is 16.8. The number of halogens is 1. The molecule has 0 atom stereocenters. The van der Waals surface area contributed by atoms with Crippen LogP contribution in [-0.2, 0) is 19.7 Å². The highest BCUT2D eigenvalue weighted by Gasteiger charge is 2.38. The van der Waals surface area contributed by atoms with Gasteiger partial charge in [-0.05, 0) is 63.1 Å². The average Bonchev–Trinajstić information content (AvgIpc) is 3.64. The van der Waals surface area contributed by atoms with Crippen molar-refractivity contribution in [1.29, 1.82) is 0 Å². The summed E-state index contributed by atoms with van der Waals surface area (Å²) in [5.74, 6) is -0.663. The molecule has 1 amide bonds. The molecule has 2 aromatic rings. The van der Waals surface area contributed by atoms with Crippen molar-refractivity contribution in [3.63, 3.8) is 0 Å². The van der Waals surface area contributed by atoms with Crippen molar-refractivity contribution in [3.05, 3.63) is 47.8 Å². The molecular weight excluding hydrogens is 495 g/mol. The summed E-state index contributed by atoms with van der Waals surface area (Å²) in [6, 6.07) is 8.24. The molecule has 0 unspecified atom stereocenters. The molecule has 0 radical (unpaired) electrons. The number of anilines is 1. The molecule has 1 aliphatic heterocycles. The normalized spacial score (nSPS) is 17.1. The molecule has 11 heteroatoms. The van der Waals surface area contributed by atoms with Crippen LogP contribution in [0.3, 0.4) is 0 Å². The van der Waals surface area contributed by atoms with E-state index in [1.54, 1.807) is 9.80 Å². The zero-order chi connectivity index (χ0) is 25.5. The minimum atomic E-state index is -3.52. The van der Waals surface area contributed by atoms with Gasteiger partial charge in [0.2, 0.25) is 0 Å². The SMILES string of the molecule is CC(C)Oc1ccc(S(=O)(=O)C2CC2)cc1C(=O)N1CCN(c2ccc(S(C)(=O)=O)cc2F)CC1. The van der Waals surface area contributed by atoms with E-state index in [2.05, 4.69) is 0 Å². The van der Waals surface area contributed by atoms with E-state index in [4.69, 9.17) is 4.74 Å². The lowest BCUT2D eigenvalue weighted by Crippen LogP contribution is -2.49. The molecule has 2 aromatic carbocycles. The fourth-order valence-electron chi connectivity index (χ4n) is 4.08. The Morgan fingerprint density at radius 3 is 2.14 bits per heavy atom. The molecule has 1 heterocycles. The van der Waals surface area contributed by atoms with E-state index in [-0.39, 0.29) is 46.1 Å². The molecule has 0 spiro atoms. The van der Waals surface area contributed by atoms with Crippen LogP contribution in [0, 0.1) is 5.82 Å². The van der Waals surface area contributed by atoms with Crippen LogP contribution in [0.1, 0.15) is 37.0 Å². The predicted molar refractivity (Wildman–Crippen MR) is 130 cm³/mol. The summed E-state index contributed by atoms with van der Waals surface area (Å²) in [7, 11) is -7.00. The third-order valence-electron chi connectivity index (χ3n) is 6.09. The molecular formula is C24H29FN2O6S2. The molecule has 2 fully saturated rings. The van der Waals surface area contributed by atoms with Crippen molar-refractivity contribution in [3.8, 4) is 5.75 Å². The Kier molecular flexibility index (Phi) is 6.85. The van der Waals surface area contributed by atoms with Crippen molar-refractivity contribution < 1.29 is 30.8 Å². The van der Waals surface area contributed by atoms with Gasteiger partial charge in [-0.3, -0.25) is 4.79 Å². The van der Waals surface area contributed by atoms with Crippen LogP contribution < -0.4 is 9.64 Å². The third kappa shape index (κ3) is 5.45. The molecule has 1 aliphatic carbocycles. The zero-order valence-corrected chi connectivity index (χ0v) is 21.5. The molecule has 0 N–H and O–H groups in total. The summed E-state index contributed by atoms with van der Waals surface area (Å²) in [6.45, 7) is 4.89. The Bertz CT molecular complexity index is 1350. The second kappa shape index (κ2) is 9.42. The number of hydrogen-bond donors (Lipinski definition) is 0. The molecule has 190 valence electrons. The number of amides is 1. The van der Waals surface area contributed by atoms with E-state index < -0.39 is 30.7 Å². The van der Waals surface area contributed by atoms with Gasteiger partial charge in [0.05, 0.1) is 32.4 Å². The van der Waals surface area contributed by atoms with Gasteiger partial charge in [-0.1, -0.05) is 0 Å². The van der Waals surface area contributed by atoms with Gasteiger partial charge in [0.15, 0.2) is 19.7 Å². The third-order valence-corrected chi connectivity index (χ3v) is 9.46. The number of carbonyl (C=O) groups is 1. The van der Waals surface area contributed by atoms with Crippen molar-refractivity contribution in [2.45, 2.75) is 47.8 Å². The van der Waals surface area contributed by atoms with Crippen LogP contribution in [0.15, 0.2) is 46.2 Å². The summed E-state index contributed by atoms with van der Waals surface area (Å²) in [5.41, 5.74) is 0.461. The number of hydrogen-bond acceptors (Lipinski definition) is 7. The van der Waals surface area contributed by atoms with Crippen LogP contribution >= 0.6 is 0 Å². The smallest absolute Gasteiger partial charge is 0.257 e. The highest BCUT2D eigenvalue weighted by atomic mass is 32.2. The van der Waals surface area contributed by atoms with Gasteiger partial charge in [0.25, 0.3) is 5.91 Å². The van der Waals surface area contributed by atoms with Crippen molar-refractivity contribution in [2.75, 3.05) is 37.3 Å². The quantitative estimate of drug-likeness (QED) is 0.549. The zero-order valence-electron chi connectivity index (χ0n) is 19.9. The Balaban J connectivity index is 1.54. The number of ether oxygens (including phenoxy) is 1. The lowest BCUT2D eigenvalue weighted by Gasteiger charge is -2.36. The highest BCUT2D eigenvalue weighted by molar-refractivity contribution is 7.92. The number of carbonyl (C=O) groups excluding carboxylic acids is 1. The van der Waals surface area contributed by atoms with Gasteiger partial charge in [0.1, 0.15) is 11.6 Å². The summed E-state index contributed by atoms with van der Waals surface area (Å²) in [6.07, 6.45) is 2.06. The van der Waals surface area contributed by atoms with Crippen LogP contribution in [0.5, 0.6) is 5.75 Å². The van der Waals surface area contributed by atoms with Gasteiger partial charge in [-0.15, -0.1) is 0 Å². The number of benzene rings is 2. The summed E-state index contributed by atoms with van der Waals surface area (Å²) >= 11 is 0. The fraction of sp³-hybridized carbons (Fsp3) is 0.458. The maximum atomic E-state index is 14.6. The van der Waals surface area contributed by atoms with Gasteiger partial charge < -0.3 is 14.5 Å². The topological polar surface area (TPSA) is 101 Å². The van der Waals surface area contributed by atoms with Crippen LogP contribution in [0.2, 0.25) is 0 Å². The Hall–Kier alpha value is -2.66. The summed E-state index contributed by atoms with van der Waals surface area (Å²) < 4.78 is 69.3. The standard InChI is InChI=1S/C24H29FN2O6S2/c1-16(2)33-23-9-7-19(35(31,32)17-4-5-17)14-20(23)24(28)27-12-10-26(11-13-27)22-8-6-18(15-21(22)25)34(3,29)30/h6-9,14-17H,4-5,10-13H2,1-3H3. The molecule has 35 heavy (non-hydrogen) atoms. The highest BCUT2D eigenvalue weighted by Crippen LogP contribution is 2.35. The Morgan fingerprint density at radius 1 is 0.971 bits per heavy atom. The maximum absolute atomic E-state index is 14.6. The van der Waals surface area contributed by atoms with Crippen LogP contribution in [0.4, 0.5) is 10.1 Å². The van der Waals surface area contributed by atoms with E-state index in [0.717, 1.165) is 12.3 Å². The van der Waals surface area contributed by atoms with E-state index in [1.807, 2.05) is 13.8 Å². The van der Waals surface area contributed by atoms with Crippen molar-refractivity contribution in [1.82, 2.24) is 4.90 Å². The molecule has 1 saturated heterocycles. The summed E-state index contributed by atoms with van der Waals surface area (Å²) in [5, 5.41) is -0.394. The van der Waals surface area contributed by atoms with Gasteiger partial charge >= 0.3 is 0 Å². The first-order valence-electron chi connectivity index (χ1n) is 11.5. The predicted octanol–water partition coefficient (Wildman–Crippen LogP) is 2.91. The van der Waals surface area contributed by atoms with E-state index >= 15 is 0 Å². The second-order valence-corrected chi connectivity index (χ2v) is 13.5. The van der Waals surface area contributed by atoms with Crippen LogP contribution in [-0.4, -0.2) is 71.4 Å². The molecule has 4 rings (SSSR count). The van der Waals surface area contributed by atoms with E-state index in [0.29, 0.717) is 31.7 Å². The molecule has 2 aliphatic rings. The van der Waals surface area contributed by atoms with Gasteiger partial charge in [-0.25, -0.2) is 21.2 Å². The lowest BCUT2D eigenvalue weighted by molar-refractivity contribution is 0.0740. The fourth-order valence-corrected chi connectivity index (χ4v) is 6.39. The lowest BCUT2D eigenvalue weighted by atomic mass is 10.1. The Labute approximate surface area is 205 Å². The minimum Gasteiger partial charge on any atom is -0.490 e. The maximum Gasteiger partial charge on any atom is 0.257 e. The van der Waals surface area contributed by atoms with Crippen LogP contribution in [0.25, 0.3) is 0 Å². The molecule has 0 aromatic heterocycles. The Morgan fingerprint density at radius 2 is 1.60 bits per heavy atom. The number of rotatable bonds is 7. The van der Waals surface area contributed by atoms with Crippen molar-refractivity contribution in [2.24, 2.45) is 0 Å². The molecule has 1 saturated carbocycles. The first kappa shape index (κ1) is 25.4. The number of piperazine rings is 1. The average molecular weight is 525 g/mol. The largest absolute Gasteiger partial charge is 0.490 e. The monoisotopic (exact) mass is 524 g/mol. The van der Waals surface area contributed by atoms with Crippen molar-refractivity contribution >= 4 is 31.3 Å². The van der Waals surface area contributed by atoms with E-state index in [9.17, 15) is 26.0 Å². The van der Waals surface area contributed by atoms with E-state index in [1.165, 1.54) is 30.3 Å². The first-order valence-corrected chi connectivity index (χ1v) is 14.9. The molecule has 8 nitrogen and oxygen atoms in total. The molecule has 0 bridgehead atoms. The second-order valence-electron chi connectivity index (χ2n) is 9.23. The number of nitrogens with zero attached hydrogens (tertiary/aromatic N) is 2. The number of sulfone groups is 2. The first-order chi connectivity index (χ1) is 16.4. The minimum absolute atomic E-state index is 0.0914. The van der Waals surface area contributed by atoms with Gasteiger partial charge in [-0.2, -0.15) is 0 Å². The van der Waals surface area contributed by atoms with Gasteiger partial charge in [0, 0.05) is 32.4 Å².